The summed E-state index contributed by atoms with van der Waals surface area (Å²) in [5.41, 5.74) is 0.503. The van der Waals surface area contributed by atoms with E-state index in [2.05, 4.69) is 20.7 Å². The molecule has 0 atom stereocenters. The molecule has 23 heavy (non-hydrogen) atoms. The first-order valence-corrected chi connectivity index (χ1v) is 7.18. The minimum atomic E-state index is -0.689. The normalized spacial score (nSPS) is 10.2. The van der Waals surface area contributed by atoms with Gasteiger partial charge in [-0.25, -0.2) is 4.79 Å². The maximum atomic E-state index is 11.5. The van der Waals surface area contributed by atoms with E-state index in [9.17, 15) is 20.0 Å². The molecule has 0 aliphatic carbocycles. The van der Waals surface area contributed by atoms with Crippen molar-refractivity contribution in [3.63, 3.8) is 0 Å². The molecule has 8 heteroatoms. The molecular formula is C15H12BrNO6. The molecule has 0 aliphatic rings. The fourth-order valence-corrected chi connectivity index (χ4v) is 2.40. The zero-order valence-corrected chi connectivity index (χ0v) is 13.6. The van der Waals surface area contributed by atoms with Crippen LogP contribution in [0.3, 0.4) is 0 Å². The lowest BCUT2D eigenvalue weighted by molar-refractivity contribution is -0.385. The zero-order chi connectivity index (χ0) is 17.0. The van der Waals surface area contributed by atoms with E-state index < -0.39 is 10.9 Å². The van der Waals surface area contributed by atoms with E-state index in [0.717, 1.165) is 0 Å². The molecule has 0 saturated heterocycles. The van der Waals surface area contributed by atoms with Gasteiger partial charge in [0.1, 0.15) is 23.7 Å². The Morgan fingerprint density at radius 1 is 1.30 bits per heavy atom. The molecule has 2 aromatic rings. The summed E-state index contributed by atoms with van der Waals surface area (Å²) in [4.78, 5) is 21.8. The number of carbonyl (C=O) groups is 1. The Balaban J connectivity index is 2.18. The largest absolute Gasteiger partial charge is 0.507 e. The van der Waals surface area contributed by atoms with E-state index in [1.165, 1.54) is 37.4 Å². The van der Waals surface area contributed by atoms with Gasteiger partial charge in [0.15, 0.2) is 0 Å². The van der Waals surface area contributed by atoms with Crippen LogP contribution in [-0.2, 0) is 11.3 Å². The standard InChI is InChI=1S/C15H12BrNO6/c1-22-15(19)13-7-12(2-3-14(13)18)23-8-9-4-10(16)6-11(5-9)17(20)21/h2-7,18H,8H2,1H3. The van der Waals surface area contributed by atoms with Gasteiger partial charge in [-0.2, -0.15) is 0 Å². The van der Waals surface area contributed by atoms with E-state index in [1.807, 2.05) is 0 Å². The van der Waals surface area contributed by atoms with Gasteiger partial charge < -0.3 is 14.6 Å². The highest BCUT2D eigenvalue weighted by atomic mass is 79.9. The molecule has 0 aromatic heterocycles. The van der Waals surface area contributed by atoms with Crippen molar-refractivity contribution >= 4 is 27.6 Å². The number of carbonyl (C=O) groups excluding carboxylic acids is 1. The molecule has 0 saturated carbocycles. The number of aromatic hydroxyl groups is 1. The minimum Gasteiger partial charge on any atom is -0.507 e. The Morgan fingerprint density at radius 2 is 2.04 bits per heavy atom. The summed E-state index contributed by atoms with van der Waals surface area (Å²) in [6, 6.07) is 8.60. The summed E-state index contributed by atoms with van der Waals surface area (Å²) in [5.74, 6) is -0.584. The van der Waals surface area contributed by atoms with Crippen LogP contribution in [0.2, 0.25) is 0 Å². The number of methoxy groups -OCH3 is 1. The predicted octanol–water partition coefficient (Wildman–Crippen LogP) is 3.43. The fourth-order valence-electron chi connectivity index (χ4n) is 1.87. The molecule has 0 radical (unpaired) electrons. The Hall–Kier alpha value is -2.61. The molecule has 0 bridgehead atoms. The molecule has 0 heterocycles. The van der Waals surface area contributed by atoms with Gasteiger partial charge in [0.05, 0.1) is 12.0 Å². The first-order valence-electron chi connectivity index (χ1n) is 6.38. The number of nitro benzene ring substituents is 1. The van der Waals surface area contributed by atoms with E-state index >= 15 is 0 Å². The van der Waals surface area contributed by atoms with Gasteiger partial charge in [0.2, 0.25) is 0 Å². The van der Waals surface area contributed by atoms with E-state index in [1.54, 1.807) is 6.07 Å². The zero-order valence-electron chi connectivity index (χ0n) is 12.0. The molecular weight excluding hydrogens is 370 g/mol. The third-order valence-corrected chi connectivity index (χ3v) is 3.39. The number of benzene rings is 2. The second kappa shape index (κ2) is 7.10. The summed E-state index contributed by atoms with van der Waals surface area (Å²) in [6.45, 7) is 0.0612. The number of nitro groups is 1. The van der Waals surface area contributed by atoms with Crippen LogP contribution in [0.4, 0.5) is 5.69 Å². The van der Waals surface area contributed by atoms with Crippen LogP contribution in [0.15, 0.2) is 40.9 Å². The van der Waals surface area contributed by atoms with Crippen molar-refractivity contribution < 1.29 is 24.3 Å². The SMILES string of the molecule is COC(=O)c1cc(OCc2cc(Br)cc([N+](=O)[O-])c2)ccc1O. The number of non-ortho nitro benzene ring substituents is 1. The van der Waals surface area contributed by atoms with Crippen molar-refractivity contribution in [2.75, 3.05) is 7.11 Å². The van der Waals surface area contributed by atoms with Crippen molar-refractivity contribution in [3.05, 3.63) is 62.1 Å². The van der Waals surface area contributed by atoms with Crippen LogP contribution in [0.25, 0.3) is 0 Å². The molecule has 0 unspecified atom stereocenters. The van der Waals surface area contributed by atoms with Gasteiger partial charge in [0, 0.05) is 16.6 Å². The number of halogens is 1. The van der Waals surface area contributed by atoms with Crippen molar-refractivity contribution in [1.82, 2.24) is 0 Å². The number of hydrogen-bond donors (Lipinski definition) is 1. The van der Waals surface area contributed by atoms with Gasteiger partial charge in [-0.15, -0.1) is 0 Å². The second-order valence-electron chi connectivity index (χ2n) is 4.53. The van der Waals surface area contributed by atoms with Crippen LogP contribution in [0.1, 0.15) is 15.9 Å². The quantitative estimate of drug-likeness (QED) is 0.483. The Kier molecular flexibility index (Phi) is 5.17. The summed E-state index contributed by atoms with van der Waals surface area (Å²) < 4.78 is 10.6. The highest BCUT2D eigenvalue weighted by Crippen LogP contribution is 2.26. The van der Waals surface area contributed by atoms with E-state index in [-0.39, 0.29) is 23.6 Å². The molecule has 2 rings (SSSR count). The van der Waals surface area contributed by atoms with E-state index in [4.69, 9.17) is 4.74 Å². The summed E-state index contributed by atoms with van der Waals surface area (Å²) >= 11 is 3.20. The second-order valence-corrected chi connectivity index (χ2v) is 5.45. The van der Waals surface area contributed by atoms with Gasteiger partial charge in [-0.3, -0.25) is 10.1 Å². The van der Waals surface area contributed by atoms with Crippen LogP contribution in [0.5, 0.6) is 11.5 Å². The first kappa shape index (κ1) is 16.8. The number of ether oxygens (including phenoxy) is 2. The lowest BCUT2D eigenvalue weighted by atomic mass is 10.2. The topological polar surface area (TPSA) is 98.9 Å². The number of esters is 1. The van der Waals surface area contributed by atoms with Gasteiger partial charge in [-0.05, 0) is 29.8 Å². The number of phenolic OH excluding ortho intramolecular Hbond substituents is 1. The third-order valence-electron chi connectivity index (χ3n) is 2.93. The van der Waals surface area contributed by atoms with Crippen LogP contribution in [0, 0.1) is 10.1 Å². The van der Waals surface area contributed by atoms with Gasteiger partial charge >= 0.3 is 5.97 Å². The molecule has 7 nitrogen and oxygen atoms in total. The smallest absolute Gasteiger partial charge is 0.341 e. The monoisotopic (exact) mass is 381 g/mol. The van der Waals surface area contributed by atoms with Gasteiger partial charge in [0.25, 0.3) is 5.69 Å². The lowest BCUT2D eigenvalue weighted by Gasteiger charge is -2.09. The molecule has 2 aromatic carbocycles. The van der Waals surface area contributed by atoms with E-state index in [0.29, 0.717) is 15.8 Å². The molecule has 120 valence electrons. The Bertz CT molecular complexity index is 762. The maximum absolute atomic E-state index is 11.5. The number of rotatable bonds is 5. The predicted molar refractivity (Wildman–Crippen MR) is 84.6 cm³/mol. The maximum Gasteiger partial charge on any atom is 0.341 e. The molecule has 0 fully saturated rings. The summed E-state index contributed by atoms with van der Waals surface area (Å²) in [5, 5.41) is 20.5. The van der Waals surface area contributed by atoms with Crippen molar-refractivity contribution in [2.24, 2.45) is 0 Å². The molecule has 0 aliphatic heterocycles. The van der Waals surface area contributed by atoms with Crippen LogP contribution < -0.4 is 4.74 Å². The van der Waals surface area contributed by atoms with Crippen LogP contribution >= 0.6 is 15.9 Å². The van der Waals surface area contributed by atoms with Crippen molar-refractivity contribution in [2.45, 2.75) is 6.61 Å². The fraction of sp³-hybridized carbons (Fsp3) is 0.133. The van der Waals surface area contributed by atoms with Crippen molar-refractivity contribution in [1.29, 1.82) is 0 Å². The van der Waals surface area contributed by atoms with Crippen molar-refractivity contribution in [3.8, 4) is 11.5 Å². The minimum absolute atomic E-state index is 0.0229. The van der Waals surface area contributed by atoms with Crippen LogP contribution in [-0.4, -0.2) is 23.1 Å². The molecule has 1 N–H and O–H groups in total. The average molecular weight is 382 g/mol. The highest BCUT2D eigenvalue weighted by molar-refractivity contribution is 9.10. The summed E-state index contributed by atoms with van der Waals surface area (Å²) in [7, 11) is 1.20. The number of phenols is 1. The van der Waals surface area contributed by atoms with Gasteiger partial charge in [-0.1, -0.05) is 15.9 Å². The number of nitrogens with zero attached hydrogens (tertiary/aromatic N) is 1. The average Bonchev–Trinajstić information content (AvgIpc) is 2.52. The first-order chi connectivity index (χ1) is 10.9. The Morgan fingerprint density at radius 3 is 2.70 bits per heavy atom. The highest BCUT2D eigenvalue weighted by Gasteiger charge is 2.13. The molecule has 0 spiro atoms. The number of hydrogen-bond acceptors (Lipinski definition) is 6. The third kappa shape index (κ3) is 4.19. The lowest BCUT2D eigenvalue weighted by Crippen LogP contribution is -2.03. The summed E-state index contributed by atoms with van der Waals surface area (Å²) in [6.07, 6.45) is 0. The Labute approximate surface area is 139 Å². The molecule has 0 amide bonds.